The van der Waals surface area contributed by atoms with Crippen LogP contribution in [0.25, 0.3) is 0 Å². The number of rotatable bonds is 1. The lowest BCUT2D eigenvalue weighted by atomic mass is 9.99. The van der Waals surface area contributed by atoms with Gasteiger partial charge in [-0.3, -0.25) is 9.89 Å². The second-order valence-electron chi connectivity index (χ2n) is 5.04. The highest BCUT2D eigenvalue weighted by atomic mass is 16.3. The molecular weight excluding hydrogens is 256 g/mol. The van der Waals surface area contributed by atoms with Crippen molar-refractivity contribution in [2.45, 2.75) is 19.9 Å². The van der Waals surface area contributed by atoms with Crippen molar-refractivity contribution >= 4 is 11.6 Å². The van der Waals surface area contributed by atoms with E-state index in [9.17, 15) is 9.90 Å². The first kappa shape index (κ1) is 12.5. The highest BCUT2D eigenvalue weighted by Crippen LogP contribution is 2.25. The molecule has 3 rings (SSSR count). The van der Waals surface area contributed by atoms with E-state index in [1.807, 2.05) is 6.07 Å². The molecule has 2 heterocycles. The summed E-state index contributed by atoms with van der Waals surface area (Å²) >= 11 is 0. The SMILES string of the molecule is Cc1[nH]nc(C(=O)N2CCc3ccc(O)cc3C2)c1N. The number of hydrogen-bond donors (Lipinski definition) is 3. The third-order valence-corrected chi connectivity index (χ3v) is 3.69. The quantitative estimate of drug-likeness (QED) is 0.727. The van der Waals surface area contributed by atoms with Gasteiger partial charge in [0, 0.05) is 13.1 Å². The number of anilines is 1. The van der Waals surface area contributed by atoms with Gasteiger partial charge in [0.2, 0.25) is 0 Å². The number of aromatic hydroxyl groups is 1. The molecule has 1 aliphatic heterocycles. The minimum absolute atomic E-state index is 0.180. The van der Waals surface area contributed by atoms with E-state index in [-0.39, 0.29) is 17.4 Å². The molecular formula is C14H16N4O2. The molecule has 0 aliphatic carbocycles. The number of aryl methyl sites for hydroxylation is 1. The van der Waals surface area contributed by atoms with Crippen molar-refractivity contribution in [1.82, 2.24) is 15.1 Å². The molecule has 1 amide bonds. The summed E-state index contributed by atoms with van der Waals surface area (Å²) in [6.07, 6.45) is 0.769. The van der Waals surface area contributed by atoms with Gasteiger partial charge >= 0.3 is 0 Å². The van der Waals surface area contributed by atoms with Crippen molar-refractivity contribution in [3.63, 3.8) is 0 Å². The molecule has 4 N–H and O–H groups in total. The summed E-state index contributed by atoms with van der Waals surface area (Å²) in [4.78, 5) is 14.1. The van der Waals surface area contributed by atoms with Crippen molar-refractivity contribution in [3.05, 3.63) is 40.7 Å². The molecule has 0 atom stereocenters. The van der Waals surface area contributed by atoms with Crippen LogP contribution in [0.3, 0.4) is 0 Å². The lowest BCUT2D eigenvalue weighted by molar-refractivity contribution is 0.0729. The van der Waals surface area contributed by atoms with E-state index < -0.39 is 0 Å². The molecule has 6 heteroatoms. The van der Waals surface area contributed by atoms with Gasteiger partial charge in [0.1, 0.15) is 5.75 Å². The number of aromatic nitrogens is 2. The number of amides is 1. The number of carbonyl (C=O) groups excluding carboxylic acids is 1. The van der Waals surface area contributed by atoms with E-state index in [4.69, 9.17) is 5.73 Å². The zero-order chi connectivity index (χ0) is 14.3. The number of nitrogens with two attached hydrogens (primary N) is 1. The first-order chi connectivity index (χ1) is 9.56. The van der Waals surface area contributed by atoms with E-state index in [0.29, 0.717) is 24.5 Å². The van der Waals surface area contributed by atoms with Gasteiger partial charge in [-0.1, -0.05) is 6.07 Å². The molecule has 0 spiro atoms. The number of aromatic amines is 1. The first-order valence-corrected chi connectivity index (χ1v) is 6.46. The van der Waals surface area contributed by atoms with E-state index in [1.165, 1.54) is 0 Å². The van der Waals surface area contributed by atoms with Crippen molar-refractivity contribution in [3.8, 4) is 5.75 Å². The molecule has 1 aromatic carbocycles. The summed E-state index contributed by atoms with van der Waals surface area (Å²) in [5.74, 6) is 0.0361. The molecule has 104 valence electrons. The highest BCUT2D eigenvalue weighted by molar-refractivity contribution is 5.97. The average molecular weight is 272 g/mol. The first-order valence-electron chi connectivity index (χ1n) is 6.46. The summed E-state index contributed by atoms with van der Waals surface area (Å²) < 4.78 is 0. The van der Waals surface area contributed by atoms with E-state index in [2.05, 4.69) is 10.2 Å². The standard InChI is InChI=1S/C14H16N4O2/c1-8-12(15)13(17-16-8)14(20)18-5-4-9-2-3-11(19)6-10(9)7-18/h2-3,6,19H,4-5,7,15H2,1H3,(H,16,17). The second-order valence-corrected chi connectivity index (χ2v) is 5.04. The van der Waals surface area contributed by atoms with Gasteiger partial charge in [-0.2, -0.15) is 5.10 Å². The van der Waals surface area contributed by atoms with E-state index in [1.54, 1.807) is 24.0 Å². The van der Waals surface area contributed by atoms with Crippen LogP contribution >= 0.6 is 0 Å². The van der Waals surface area contributed by atoms with E-state index in [0.717, 1.165) is 17.5 Å². The Bertz CT molecular complexity index is 678. The largest absolute Gasteiger partial charge is 0.508 e. The van der Waals surface area contributed by atoms with Crippen LogP contribution in [0.15, 0.2) is 18.2 Å². The smallest absolute Gasteiger partial charge is 0.276 e. The van der Waals surface area contributed by atoms with Crippen molar-refractivity contribution in [2.75, 3.05) is 12.3 Å². The molecule has 0 unspecified atom stereocenters. The van der Waals surface area contributed by atoms with Crippen molar-refractivity contribution in [1.29, 1.82) is 0 Å². The minimum atomic E-state index is -0.180. The molecule has 0 saturated carbocycles. The lowest BCUT2D eigenvalue weighted by Gasteiger charge is -2.28. The Morgan fingerprint density at radius 1 is 1.45 bits per heavy atom. The number of nitrogens with one attached hydrogen (secondary N) is 1. The van der Waals surface area contributed by atoms with Crippen molar-refractivity contribution in [2.24, 2.45) is 0 Å². The fourth-order valence-electron chi connectivity index (χ4n) is 2.47. The zero-order valence-electron chi connectivity index (χ0n) is 11.2. The molecule has 0 saturated heterocycles. The van der Waals surface area contributed by atoms with E-state index >= 15 is 0 Å². The molecule has 0 fully saturated rings. The molecule has 1 aromatic heterocycles. The van der Waals surface area contributed by atoms with Crippen LogP contribution in [0.1, 0.15) is 27.3 Å². The maximum atomic E-state index is 12.4. The number of nitrogens with zero attached hydrogens (tertiary/aromatic N) is 2. The van der Waals surface area contributed by atoms with Gasteiger partial charge < -0.3 is 15.7 Å². The number of phenols is 1. The van der Waals surface area contributed by atoms with Gasteiger partial charge in [0.25, 0.3) is 5.91 Å². The average Bonchev–Trinajstić information content (AvgIpc) is 2.77. The number of phenolic OH excluding ortho intramolecular Hbond substituents is 1. The lowest BCUT2D eigenvalue weighted by Crippen LogP contribution is -2.36. The third kappa shape index (κ3) is 1.99. The monoisotopic (exact) mass is 272 g/mol. The number of fused-ring (bicyclic) bond motifs is 1. The number of hydrogen-bond acceptors (Lipinski definition) is 4. The Hall–Kier alpha value is -2.50. The molecule has 0 radical (unpaired) electrons. The van der Waals surface area contributed by atoms with Crippen LogP contribution in [0, 0.1) is 6.92 Å². The molecule has 1 aliphatic rings. The Kier molecular flexibility index (Phi) is 2.85. The second kappa shape index (κ2) is 4.56. The fourth-order valence-corrected chi connectivity index (χ4v) is 2.47. The number of benzene rings is 1. The highest BCUT2D eigenvalue weighted by Gasteiger charge is 2.25. The Balaban J connectivity index is 1.86. The zero-order valence-corrected chi connectivity index (χ0v) is 11.2. The van der Waals surface area contributed by atoms with Gasteiger partial charge in [-0.05, 0) is 36.6 Å². The molecule has 20 heavy (non-hydrogen) atoms. The van der Waals surface area contributed by atoms with Crippen LogP contribution in [0.4, 0.5) is 5.69 Å². The van der Waals surface area contributed by atoms with Crippen molar-refractivity contribution < 1.29 is 9.90 Å². The summed E-state index contributed by atoms with van der Waals surface area (Å²) in [6.45, 7) is 2.87. The van der Waals surface area contributed by atoms with Gasteiger partial charge in [-0.15, -0.1) is 0 Å². The number of nitrogen functional groups attached to an aromatic ring is 1. The molecule has 0 bridgehead atoms. The Morgan fingerprint density at radius 3 is 2.95 bits per heavy atom. The van der Waals surface area contributed by atoms with Crippen LogP contribution < -0.4 is 5.73 Å². The maximum absolute atomic E-state index is 12.4. The summed E-state index contributed by atoms with van der Waals surface area (Å²) in [5.41, 5.74) is 9.35. The summed E-state index contributed by atoms with van der Waals surface area (Å²) in [7, 11) is 0. The predicted molar refractivity (Wildman–Crippen MR) is 74.3 cm³/mol. The number of H-pyrrole nitrogens is 1. The third-order valence-electron chi connectivity index (χ3n) is 3.69. The Morgan fingerprint density at radius 2 is 2.25 bits per heavy atom. The fraction of sp³-hybridized carbons (Fsp3) is 0.286. The summed E-state index contributed by atoms with van der Waals surface area (Å²) in [6, 6.07) is 5.28. The van der Waals surface area contributed by atoms with Crippen LogP contribution in [-0.4, -0.2) is 32.7 Å². The molecule has 6 nitrogen and oxygen atoms in total. The normalized spacial score (nSPS) is 14.2. The van der Waals surface area contributed by atoms with Gasteiger partial charge in [-0.25, -0.2) is 0 Å². The van der Waals surface area contributed by atoms with Gasteiger partial charge in [0.05, 0.1) is 11.4 Å². The maximum Gasteiger partial charge on any atom is 0.276 e. The van der Waals surface area contributed by atoms with Crippen LogP contribution in [-0.2, 0) is 13.0 Å². The van der Waals surface area contributed by atoms with Crippen LogP contribution in [0.5, 0.6) is 5.75 Å². The predicted octanol–water partition coefficient (Wildman–Crippen LogP) is 1.20. The van der Waals surface area contributed by atoms with Crippen LogP contribution in [0.2, 0.25) is 0 Å². The molecule has 2 aromatic rings. The van der Waals surface area contributed by atoms with Gasteiger partial charge in [0.15, 0.2) is 5.69 Å². The summed E-state index contributed by atoms with van der Waals surface area (Å²) in [5, 5.41) is 16.2. The number of carbonyl (C=O) groups is 1. The topological polar surface area (TPSA) is 95.2 Å². The Labute approximate surface area is 116 Å². The minimum Gasteiger partial charge on any atom is -0.508 e.